The number of nitrogens with two attached hydrogens (primary N) is 1. The van der Waals surface area contributed by atoms with Gasteiger partial charge in [0.25, 0.3) is 0 Å². The summed E-state index contributed by atoms with van der Waals surface area (Å²) in [5, 5.41) is 3.42. The van der Waals surface area contributed by atoms with Crippen LogP contribution in [0.2, 0.25) is 0 Å². The fraction of sp³-hybridized carbons (Fsp3) is 0.583. The Kier molecular flexibility index (Phi) is 2.44. The van der Waals surface area contributed by atoms with Crippen molar-refractivity contribution in [1.29, 1.82) is 0 Å². The molecule has 1 aromatic heterocycles. The largest absolute Gasteiger partial charge is 0.396 e. The lowest BCUT2D eigenvalue weighted by Gasteiger charge is -2.20. The van der Waals surface area contributed by atoms with Crippen LogP contribution in [0.4, 0.5) is 11.5 Å². The number of nitrogens with one attached hydrogen (secondary N) is 1. The molecule has 3 N–H and O–H groups in total. The molecule has 1 saturated heterocycles. The first-order valence-corrected chi connectivity index (χ1v) is 5.93. The maximum Gasteiger partial charge on any atom is 0.149 e. The van der Waals surface area contributed by atoms with Gasteiger partial charge in [0.1, 0.15) is 5.82 Å². The third kappa shape index (κ3) is 1.85. The molecule has 0 spiro atoms. The van der Waals surface area contributed by atoms with Crippen molar-refractivity contribution in [2.45, 2.75) is 31.4 Å². The van der Waals surface area contributed by atoms with Gasteiger partial charge in [-0.1, -0.05) is 0 Å². The first kappa shape index (κ1) is 9.90. The van der Waals surface area contributed by atoms with Gasteiger partial charge in [-0.2, -0.15) is 0 Å². The lowest BCUT2D eigenvalue weighted by atomic mass is 10.1. The summed E-state index contributed by atoms with van der Waals surface area (Å²) in [5.41, 5.74) is 6.58. The number of pyridine rings is 1. The molecule has 4 heteroatoms. The number of rotatable bonds is 3. The molecule has 2 aliphatic rings. The average molecular weight is 219 g/mol. The molecule has 2 heterocycles. The molecule has 1 aromatic rings. The summed E-state index contributed by atoms with van der Waals surface area (Å²) in [6.07, 6.45) is 5.79. The molecule has 1 aliphatic heterocycles. The number of ether oxygens (including phenoxy) is 1. The second-order valence-corrected chi connectivity index (χ2v) is 4.65. The summed E-state index contributed by atoms with van der Waals surface area (Å²) in [4.78, 5) is 4.26. The van der Waals surface area contributed by atoms with Crippen LogP contribution in [0.3, 0.4) is 0 Å². The van der Waals surface area contributed by atoms with Crippen molar-refractivity contribution in [2.24, 2.45) is 5.92 Å². The van der Waals surface area contributed by atoms with Gasteiger partial charge in [0.05, 0.1) is 17.8 Å². The van der Waals surface area contributed by atoms with Crippen molar-refractivity contribution < 1.29 is 4.74 Å². The number of hydrogen-bond acceptors (Lipinski definition) is 4. The van der Waals surface area contributed by atoms with Gasteiger partial charge in [-0.3, -0.25) is 0 Å². The molecule has 2 unspecified atom stereocenters. The van der Waals surface area contributed by atoms with Gasteiger partial charge in [0.2, 0.25) is 0 Å². The van der Waals surface area contributed by atoms with Crippen LogP contribution in [0.25, 0.3) is 0 Å². The second kappa shape index (κ2) is 3.94. The van der Waals surface area contributed by atoms with Gasteiger partial charge in [-0.25, -0.2) is 4.98 Å². The molecule has 0 bridgehead atoms. The minimum absolute atomic E-state index is 0.362. The van der Waals surface area contributed by atoms with Gasteiger partial charge in [-0.15, -0.1) is 0 Å². The van der Waals surface area contributed by atoms with E-state index in [4.69, 9.17) is 10.5 Å². The van der Waals surface area contributed by atoms with Crippen LogP contribution in [-0.2, 0) is 4.74 Å². The lowest BCUT2D eigenvalue weighted by molar-refractivity contribution is 0.0898. The minimum atomic E-state index is 0.362. The monoisotopic (exact) mass is 219 g/mol. The molecule has 0 aromatic carbocycles. The first-order valence-electron chi connectivity index (χ1n) is 5.93. The van der Waals surface area contributed by atoms with Crippen molar-refractivity contribution in [1.82, 2.24) is 4.98 Å². The summed E-state index contributed by atoms with van der Waals surface area (Å²) < 4.78 is 5.77. The van der Waals surface area contributed by atoms with Crippen LogP contribution >= 0.6 is 0 Å². The van der Waals surface area contributed by atoms with E-state index >= 15 is 0 Å². The van der Waals surface area contributed by atoms with E-state index in [9.17, 15) is 0 Å². The minimum Gasteiger partial charge on any atom is -0.396 e. The highest BCUT2D eigenvalue weighted by molar-refractivity contribution is 5.60. The van der Waals surface area contributed by atoms with Crippen LogP contribution < -0.4 is 11.1 Å². The van der Waals surface area contributed by atoms with Crippen LogP contribution in [0, 0.1) is 5.92 Å². The highest BCUT2D eigenvalue weighted by Gasteiger charge is 2.40. The predicted molar refractivity (Wildman–Crippen MR) is 63.1 cm³/mol. The van der Waals surface area contributed by atoms with E-state index in [-0.39, 0.29) is 0 Å². The Morgan fingerprint density at radius 2 is 2.25 bits per heavy atom. The zero-order valence-electron chi connectivity index (χ0n) is 9.23. The normalized spacial score (nSPS) is 29.2. The Hall–Kier alpha value is -1.29. The Balaban J connectivity index is 1.71. The Labute approximate surface area is 95.2 Å². The zero-order valence-corrected chi connectivity index (χ0v) is 9.23. The van der Waals surface area contributed by atoms with Crippen molar-refractivity contribution in [3.8, 4) is 0 Å². The lowest BCUT2D eigenvalue weighted by Crippen LogP contribution is -2.31. The topological polar surface area (TPSA) is 60.2 Å². The van der Waals surface area contributed by atoms with Crippen LogP contribution in [-0.4, -0.2) is 23.7 Å². The number of nitrogens with zero attached hydrogens (tertiary/aromatic N) is 1. The maximum atomic E-state index is 5.87. The van der Waals surface area contributed by atoms with Crippen molar-refractivity contribution in [2.75, 3.05) is 17.7 Å². The molecule has 0 amide bonds. The van der Waals surface area contributed by atoms with E-state index < -0.39 is 0 Å². The van der Waals surface area contributed by atoms with Crippen molar-refractivity contribution in [3.05, 3.63) is 18.3 Å². The molecule has 0 radical (unpaired) electrons. The van der Waals surface area contributed by atoms with Crippen LogP contribution in [0.1, 0.15) is 19.3 Å². The smallest absolute Gasteiger partial charge is 0.149 e. The van der Waals surface area contributed by atoms with Gasteiger partial charge >= 0.3 is 0 Å². The van der Waals surface area contributed by atoms with Crippen molar-refractivity contribution >= 4 is 11.5 Å². The molecule has 16 heavy (non-hydrogen) atoms. The highest BCUT2D eigenvalue weighted by Crippen LogP contribution is 2.39. The van der Waals surface area contributed by atoms with Gasteiger partial charge in [0, 0.05) is 12.8 Å². The van der Waals surface area contributed by atoms with E-state index in [1.807, 2.05) is 12.1 Å². The first-order chi connectivity index (χ1) is 7.84. The van der Waals surface area contributed by atoms with Gasteiger partial charge in [0.15, 0.2) is 0 Å². The van der Waals surface area contributed by atoms with Gasteiger partial charge < -0.3 is 15.8 Å². The summed E-state index contributed by atoms with van der Waals surface area (Å²) >= 11 is 0. The fourth-order valence-corrected chi connectivity index (χ4v) is 2.37. The molecular weight excluding hydrogens is 202 g/mol. The quantitative estimate of drug-likeness (QED) is 0.811. The summed E-state index contributed by atoms with van der Waals surface area (Å²) in [5.74, 6) is 1.55. The SMILES string of the molecule is Nc1cccnc1NC1CCOC1C1CC1. The average Bonchev–Trinajstić information content (AvgIpc) is 3.03. The van der Waals surface area contributed by atoms with Gasteiger partial charge in [-0.05, 0) is 37.3 Å². The molecule has 1 aliphatic carbocycles. The molecule has 2 atom stereocenters. The zero-order chi connectivity index (χ0) is 11.0. The summed E-state index contributed by atoms with van der Waals surface area (Å²) in [7, 11) is 0. The number of hydrogen-bond donors (Lipinski definition) is 2. The summed E-state index contributed by atoms with van der Waals surface area (Å²) in [6.45, 7) is 0.853. The molecule has 1 saturated carbocycles. The van der Waals surface area contributed by atoms with E-state index in [1.165, 1.54) is 12.8 Å². The molecule has 2 fully saturated rings. The third-order valence-electron chi connectivity index (χ3n) is 3.38. The Bertz CT molecular complexity index is 378. The summed E-state index contributed by atoms with van der Waals surface area (Å²) in [6, 6.07) is 4.10. The molecule has 3 rings (SSSR count). The fourth-order valence-electron chi connectivity index (χ4n) is 2.37. The molecule has 86 valence electrons. The Morgan fingerprint density at radius 1 is 1.38 bits per heavy atom. The second-order valence-electron chi connectivity index (χ2n) is 4.65. The van der Waals surface area contributed by atoms with E-state index in [1.54, 1.807) is 6.20 Å². The van der Waals surface area contributed by atoms with Crippen LogP contribution in [0.15, 0.2) is 18.3 Å². The number of anilines is 2. The van der Waals surface area contributed by atoms with Crippen LogP contribution in [0.5, 0.6) is 0 Å². The predicted octanol–water partition coefficient (Wildman–Crippen LogP) is 1.64. The van der Waals surface area contributed by atoms with E-state index in [0.717, 1.165) is 24.8 Å². The Morgan fingerprint density at radius 3 is 3.00 bits per heavy atom. The standard InChI is InChI=1S/C12H17N3O/c13-9-2-1-6-14-12(9)15-10-5-7-16-11(10)8-3-4-8/h1-2,6,8,10-11H,3-5,7,13H2,(H,14,15). The number of aromatic nitrogens is 1. The van der Waals surface area contributed by atoms with E-state index in [2.05, 4.69) is 10.3 Å². The molecular formula is C12H17N3O. The maximum absolute atomic E-state index is 5.87. The number of nitrogen functional groups attached to an aromatic ring is 1. The highest BCUT2D eigenvalue weighted by atomic mass is 16.5. The van der Waals surface area contributed by atoms with Crippen molar-refractivity contribution in [3.63, 3.8) is 0 Å². The van der Waals surface area contributed by atoms with E-state index in [0.29, 0.717) is 17.8 Å². The molecule has 4 nitrogen and oxygen atoms in total. The third-order valence-corrected chi connectivity index (χ3v) is 3.38.